The number of aryl methyl sites for hydroxylation is 1. The maximum Gasteiger partial charge on any atom is 0.329 e. The molecule has 114 valence electrons. The summed E-state index contributed by atoms with van der Waals surface area (Å²) in [5.41, 5.74) is 0.215. The Labute approximate surface area is 133 Å². The SMILES string of the molecule is Cc1ccc(Br)cc1C(=O)NC1(C(=O)O)CCCC(C)C1. The smallest absolute Gasteiger partial charge is 0.329 e. The summed E-state index contributed by atoms with van der Waals surface area (Å²) < 4.78 is 0.805. The van der Waals surface area contributed by atoms with Gasteiger partial charge >= 0.3 is 5.97 Å². The van der Waals surface area contributed by atoms with Crippen LogP contribution in [0.2, 0.25) is 0 Å². The third-order valence-electron chi connectivity index (χ3n) is 4.20. The van der Waals surface area contributed by atoms with Crippen LogP contribution in [0.5, 0.6) is 0 Å². The first-order valence-corrected chi connectivity index (χ1v) is 7.95. The zero-order valence-electron chi connectivity index (χ0n) is 12.3. The van der Waals surface area contributed by atoms with E-state index in [4.69, 9.17) is 0 Å². The largest absolute Gasteiger partial charge is 0.480 e. The first-order valence-electron chi connectivity index (χ1n) is 7.16. The minimum absolute atomic E-state index is 0.304. The Bertz CT molecular complexity index is 573. The Morgan fingerprint density at radius 2 is 2.14 bits per heavy atom. The Balaban J connectivity index is 2.27. The quantitative estimate of drug-likeness (QED) is 0.873. The lowest BCUT2D eigenvalue weighted by atomic mass is 9.76. The fourth-order valence-electron chi connectivity index (χ4n) is 3.04. The Kier molecular flexibility index (Phi) is 4.71. The number of amides is 1. The van der Waals surface area contributed by atoms with E-state index in [-0.39, 0.29) is 5.91 Å². The summed E-state index contributed by atoms with van der Waals surface area (Å²) in [6.45, 7) is 3.88. The Morgan fingerprint density at radius 1 is 1.43 bits per heavy atom. The van der Waals surface area contributed by atoms with E-state index < -0.39 is 11.5 Å². The van der Waals surface area contributed by atoms with Gasteiger partial charge in [0.05, 0.1) is 0 Å². The molecule has 0 spiro atoms. The molecule has 1 aliphatic rings. The molecule has 2 unspecified atom stereocenters. The predicted molar refractivity (Wildman–Crippen MR) is 84.3 cm³/mol. The molecule has 21 heavy (non-hydrogen) atoms. The highest BCUT2D eigenvalue weighted by Gasteiger charge is 2.43. The molecule has 1 aromatic rings. The van der Waals surface area contributed by atoms with Gasteiger partial charge in [0.15, 0.2) is 0 Å². The third kappa shape index (κ3) is 3.46. The van der Waals surface area contributed by atoms with Crippen LogP contribution in [-0.2, 0) is 4.79 Å². The Hall–Kier alpha value is -1.36. The van der Waals surface area contributed by atoms with E-state index in [1.54, 1.807) is 6.07 Å². The van der Waals surface area contributed by atoms with E-state index in [0.717, 1.165) is 22.9 Å². The van der Waals surface area contributed by atoms with Gasteiger partial charge in [0.2, 0.25) is 0 Å². The molecule has 0 bridgehead atoms. The van der Waals surface area contributed by atoms with Crippen LogP contribution < -0.4 is 5.32 Å². The number of nitrogens with one attached hydrogen (secondary N) is 1. The first-order chi connectivity index (χ1) is 9.84. The molecule has 5 heteroatoms. The molecule has 0 aliphatic heterocycles. The number of rotatable bonds is 3. The van der Waals surface area contributed by atoms with Crippen molar-refractivity contribution in [3.63, 3.8) is 0 Å². The van der Waals surface area contributed by atoms with Gasteiger partial charge in [-0.1, -0.05) is 41.8 Å². The van der Waals surface area contributed by atoms with Crippen LogP contribution in [0.1, 0.15) is 48.5 Å². The summed E-state index contributed by atoms with van der Waals surface area (Å²) in [5, 5.41) is 12.4. The van der Waals surface area contributed by atoms with E-state index in [2.05, 4.69) is 21.2 Å². The average molecular weight is 354 g/mol. The normalized spacial score (nSPS) is 25.4. The number of carbonyl (C=O) groups is 2. The lowest BCUT2D eigenvalue weighted by molar-refractivity contribution is -0.146. The summed E-state index contributed by atoms with van der Waals surface area (Å²) in [5.74, 6) is -0.945. The summed E-state index contributed by atoms with van der Waals surface area (Å²) in [6.07, 6.45) is 2.82. The van der Waals surface area contributed by atoms with Gasteiger partial charge in [-0.15, -0.1) is 0 Å². The average Bonchev–Trinajstić information content (AvgIpc) is 2.41. The molecular weight excluding hydrogens is 334 g/mol. The number of hydrogen-bond donors (Lipinski definition) is 2. The molecule has 0 heterocycles. The van der Waals surface area contributed by atoms with E-state index in [9.17, 15) is 14.7 Å². The summed E-state index contributed by atoms with van der Waals surface area (Å²) in [6, 6.07) is 5.43. The van der Waals surface area contributed by atoms with Gasteiger partial charge in [0, 0.05) is 10.0 Å². The molecule has 1 amide bonds. The van der Waals surface area contributed by atoms with Crippen molar-refractivity contribution in [2.75, 3.05) is 0 Å². The predicted octanol–water partition coefficient (Wildman–Crippen LogP) is 3.52. The summed E-state index contributed by atoms with van der Waals surface area (Å²) >= 11 is 3.35. The monoisotopic (exact) mass is 353 g/mol. The second-order valence-electron chi connectivity index (χ2n) is 6.00. The number of halogens is 1. The van der Waals surface area contributed by atoms with E-state index in [1.807, 2.05) is 26.0 Å². The zero-order valence-corrected chi connectivity index (χ0v) is 13.9. The topological polar surface area (TPSA) is 66.4 Å². The third-order valence-corrected chi connectivity index (χ3v) is 4.70. The molecule has 2 N–H and O–H groups in total. The van der Waals surface area contributed by atoms with Crippen molar-refractivity contribution >= 4 is 27.8 Å². The molecule has 0 radical (unpaired) electrons. The van der Waals surface area contributed by atoms with E-state index in [1.165, 1.54) is 0 Å². The van der Waals surface area contributed by atoms with Crippen LogP contribution >= 0.6 is 15.9 Å². The van der Waals surface area contributed by atoms with Crippen LogP contribution in [-0.4, -0.2) is 22.5 Å². The van der Waals surface area contributed by atoms with Crippen molar-refractivity contribution in [1.29, 1.82) is 0 Å². The molecule has 1 aliphatic carbocycles. The fraction of sp³-hybridized carbons (Fsp3) is 0.500. The van der Waals surface area contributed by atoms with Crippen LogP contribution in [0.25, 0.3) is 0 Å². The van der Waals surface area contributed by atoms with Gasteiger partial charge in [0.25, 0.3) is 5.91 Å². The highest BCUT2D eigenvalue weighted by atomic mass is 79.9. The van der Waals surface area contributed by atoms with Gasteiger partial charge in [-0.05, 0) is 43.4 Å². The highest BCUT2D eigenvalue weighted by molar-refractivity contribution is 9.10. The maximum absolute atomic E-state index is 12.5. The number of hydrogen-bond acceptors (Lipinski definition) is 2. The van der Waals surface area contributed by atoms with Crippen molar-refractivity contribution in [2.24, 2.45) is 5.92 Å². The molecule has 1 fully saturated rings. The summed E-state index contributed by atoms with van der Waals surface area (Å²) in [7, 11) is 0. The number of carbonyl (C=O) groups excluding carboxylic acids is 1. The first kappa shape index (κ1) is 16.0. The zero-order chi connectivity index (χ0) is 15.6. The van der Waals surface area contributed by atoms with Crippen LogP contribution in [0.15, 0.2) is 22.7 Å². The van der Waals surface area contributed by atoms with Crippen LogP contribution in [0.4, 0.5) is 0 Å². The highest BCUT2D eigenvalue weighted by Crippen LogP contribution is 2.33. The molecule has 4 nitrogen and oxygen atoms in total. The van der Waals surface area contributed by atoms with Crippen molar-refractivity contribution in [3.8, 4) is 0 Å². The molecule has 2 atom stereocenters. The van der Waals surface area contributed by atoms with Crippen LogP contribution in [0, 0.1) is 12.8 Å². The van der Waals surface area contributed by atoms with Gasteiger partial charge in [-0.25, -0.2) is 4.79 Å². The number of aliphatic carboxylic acids is 1. The van der Waals surface area contributed by atoms with Crippen molar-refractivity contribution in [3.05, 3.63) is 33.8 Å². The minimum atomic E-state index is -1.14. The van der Waals surface area contributed by atoms with Crippen LogP contribution in [0.3, 0.4) is 0 Å². The fourth-order valence-corrected chi connectivity index (χ4v) is 3.40. The van der Waals surface area contributed by atoms with Crippen molar-refractivity contribution < 1.29 is 14.7 Å². The number of benzene rings is 1. The number of carboxylic acids is 1. The van der Waals surface area contributed by atoms with E-state index in [0.29, 0.717) is 24.3 Å². The second-order valence-corrected chi connectivity index (χ2v) is 6.92. The van der Waals surface area contributed by atoms with Crippen molar-refractivity contribution in [1.82, 2.24) is 5.32 Å². The number of carboxylic acid groups (broad SMARTS) is 1. The van der Waals surface area contributed by atoms with Gasteiger partial charge < -0.3 is 10.4 Å². The lowest BCUT2D eigenvalue weighted by Gasteiger charge is -2.37. The molecule has 1 saturated carbocycles. The summed E-state index contributed by atoms with van der Waals surface area (Å²) in [4.78, 5) is 24.2. The molecule has 0 aromatic heterocycles. The maximum atomic E-state index is 12.5. The standard InChI is InChI=1S/C16H20BrNO3/c1-10-4-3-7-16(9-10,15(20)21)18-14(19)13-8-12(17)6-5-11(13)2/h5-6,8,10H,3-4,7,9H2,1-2H3,(H,18,19)(H,20,21). The molecule has 1 aromatic carbocycles. The Morgan fingerprint density at radius 3 is 2.76 bits per heavy atom. The molecule has 2 rings (SSSR count). The van der Waals surface area contributed by atoms with Gasteiger partial charge in [0.1, 0.15) is 5.54 Å². The van der Waals surface area contributed by atoms with E-state index >= 15 is 0 Å². The molecular formula is C16H20BrNO3. The molecule has 0 saturated heterocycles. The minimum Gasteiger partial charge on any atom is -0.480 e. The van der Waals surface area contributed by atoms with Crippen molar-refractivity contribution in [2.45, 2.75) is 45.1 Å². The van der Waals surface area contributed by atoms with Gasteiger partial charge in [-0.2, -0.15) is 0 Å². The second kappa shape index (κ2) is 6.18. The lowest BCUT2D eigenvalue weighted by Crippen LogP contribution is -2.56. The van der Waals surface area contributed by atoms with Gasteiger partial charge in [-0.3, -0.25) is 4.79 Å².